The fourth-order valence-corrected chi connectivity index (χ4v) is 6.93. The van der Waals surface area contributed by atoms with Crippen LogP contribution in [0.4, 0.5) is 0 Å². The fourth-order valence-electron chi connectivity index (χ4n) is 6.93. The van der Waals surface area contributed by atoms with E-state index in [9.17, 15) is 5.26 Å². The van der Waals surface area contributed by atoms with E-state index in [0.29, 0.717) is 0 Å². The molecule has 1 nitrogen and oxygen atoms in total. The molecule has 0 aromatic heterocycles. The third-order valence-corrected chi connectivity index (χ3v) is 8.97. The van der Waals surface area contributed by atoms with E-state index in [0.717, 1.165) is 27.8 Å². The van der Waals surface area contributed by atoms with Crippen LogP contribution in [0.2, 0.25) is 0 Å². The highest BCUT2D eigenvalue weighted by molar-refractivity contribution is 5.90. The first kappa shape index (κ1) is 22.8. The van der Waals surface area contributed by atoms with E-state index in [2.05, 4.69) is 137 Å². The first-order chi connectivity index (χ1) is 18.3. The summed E-state index contributed by atoms with van der Waals surface area (Å²) in [6.45, 7) is 9.19. The van der Waals surface area contributed by atoms with Crippen molar-refractivity contribution in [3.63, 3.8) is 0 Å². The number of hydrogen-bond acceptors (Lipinski definition) is 1. The highest BCUT2D eigenvalue weighted by Crippen LogP contribution is 2.51. The maximum atomic E-state index is 10.4. The summed E-state index contributed by atoms with van der Waals surface area (Å²) < 4.78 is 0. The van der Waals surface area contributed by atoms with Gasteiger partial charge >= 0.3 is 0 Å². The van der Waals surface area contributed by atoms with Gasteiger partial charge in [0.25, 0.3) is 0 Å². The van der Waals surface area contributed by atoms with Crippen molar-refractivity contribution in [1.29, 1.82) is 5.26 Å². The van der Waals surface area contributed by atoms with Gasteiger partial charge in [0.2, 0.25) is 0 Å². The molecule has 0 bridgehead atoms. The second kappa shape index (κ2) is 7.80. The van der Waals surface area contributed by atoms with Crippen molar-refractivity contribution in [2.45, 2.75) is 38.5 Å². The lowest BCUT2D eigenvalue weighted by atomic mass is 9.81. The molecule has 0 radical (unpaired) electrons. The highest BCUT2D eigenvalue weighted by Gasteiger charge is 2.36. The van der Waals surface area contributed by atoms with Crippen LogP contribution >= 0.6 is 0 Å². The van der Waals surface area contributed by atoms with Crippen LogP contribution in [0.15, 0.2) is 103 Å². The standard InChI is InChI=1S/C37H29N/c1-36(2)32-14-7-5-10-27(32)29-20-23(16-18-34(29)36)25-12-9-13-26(31(25)22-38)24-17-19-35-30(21-24)28-11-6-8-15-33(28)37(35,3)4/h5-21H,1-4H3. The van der Waals surface area contributed by atoms with E-state index in [1.165, 1.54) is 44.5 Å². The van der Waals surface area contributed by atoms with Gasteiger partial charge in [0.05, 0.1) is 5.56 Å². The van der Waals surface area contributed by atoms with Crippen LogP contribution in [-0.4, -0.2) is 0 Å². The monoisotopic (exact) mass is 487 g/mol. The molecule has 0 heterocycles. The summed E-state index contributed by atoms with van der Waals surface area (Å²) in [5.41, 5.74) is 15.4. The summed E-state index contributed by atoms with van der Waals surface area (Å²) in [7, 11) is 0. The Morgan fingerprint density at radius 1 is 0.447 bits per heavy atom. The van der Waals surface area contributed by atoms with E-state index in [4.69, 9.17) is 0 Å². The first-order valence-electron chi connectivity index (χ1n) is 13.3. The summed E-state index contributed by atoms with van der Waals surface area (Å²) in [5.74, 6) is 0. The zero-order valence-electron chi connectivity index (χ0n) is 22.3. The minimum absolute atomic E-state index is 0.0289. The molecule has 2 aliphatic rings. The molecule has 0 atom stereocenters. The third kappa shape index (κ3) is 2.98. The SMILES string of the molecule is CC1(C)c2ccccc2-c2cc(-c3cccc(-c4ccc5c(c4)-c4ccccc4C5(C)C)c3C#N)ccc21. The van der Waals surface area contributed by atoms with Crippen molar-refractivity contribution in [2.24, 2.45) is 0 Å². The van der Waals surface area contributed by atoms with E-state index >= 15 is 0 Å². The topological polar surface area (TPSA) is 23.8 Å². The summed E-state index contributed by atoms with van der Waals surface area (Å²) in [6.07, 6.45) is 0. The van der Waals surface area contributed by atoms with Gasteiger partial charge in [-0.05, 0) is 67.8 Å². The summed E-state index contributed by atoms with van der Waals surface area (Å²) >= 11 is 0. The summed E-state index contributed by atoms with van der Waals surface area (Å²) in [5, 5.41) is 10.4. The molecule has 38 heavy (non-hydrogen) atoms. The largest absolute Gasteiger partial charge is 0.192 e. The lowest BCUT2D eigenvalue weighted by molar-refractivity contribution is 0.660. The summed E-state index contributed by atoms with van der Waals surface area (Å²) in [4.78, 5) is 0. The van der Waals surface area contributed by atoms with Gasteiger partial charge < -0.3 is 0 Å². The van der Waals surface area contributed by atoms with Gasteiger partial charge in [-0.25, -0.2) is 0 Å². The van der Waals surface area contributed by atoms with Crippen molar-refractivity contribution in [2.75, 3.05) is 0 Å². The molecule has 5 aromatic rings. The molecular weight excluding hydrogens is 458 g/mol. The van der Waals surface area contributed by atoms with Gasteiger partial charge in [0.1, 0.15) is 6.07 Å². The lowest BCUT2D eigenvalue weighted by Gasteiger charge is -2.21. The molecular formula is C37H29N. The van der Waals surface area contributed by atoms with Crippen molar-refractivity contribution < 1.29 is 0 Å². The van der Waals surface area contributed by atoms with Gasteiger partial charge in [0.15, 0.2) is 0 Å². The van der Waals surface area contributed by atoms with E-state index in [1.807, 2.05) is 0 Å². The molecule has 0 unspecified atom stereocenters. The smallest absolute Gasteiger partial charge is 0.100 e. The van der Waals surface area contributed by atoms with Crippen molar-refractivity contribution in [3.8, 4) is 50.6 Å². The van der Waals surface area contributed by atoms with Crippen molar-refractivity contribution in [1.82, 2.24) is 0 Å². The maximum absolute atomic E-state index is 10.4. The third-order valence-electron chi connectivity index (χ3n) is 8.97. The van der Waals surface area contributed by atoms with Gasteiger partial charge in [-0.2, -0.15) is 5.26 Å². The molecule has 0 fully saturated rings. The molecule has 0 saturated carbocycles. The molecule has 0 aliphatic heterocycles. The molecule has 2 aliphatic carbocycles. The van der Waals surface area contributed by atoms with Crippen molar-refractivity contribution >= 4 is 0 Å². The molecule has 7 rings (SSSR count). The molecule has 0 amide bonds. The van der Waals surface area contributed by atoms with Crippen LogP contribution in [0.25, 0.3) is 44.5 Å². The molecule has 0 spiro atoms. The van der Waals surface area contributed by atoms with E-state index < -0.39 is 0 Å². The average Bonchev–Trinajstić information content (AvgIpc) is 3.32. The van der Waals surface area contributed by atoms with Crippen LogP contribution < -0.4 is 0 Å². The van der Waals surface area contributed by atoms with Gasteiger partial charge in [0, 0.05) is 22.0 Å². The van der Waals surface area contributed by atoms with E-state index in [1.54, 1.807) is 0 Å². The zero-order valence-corrected chi connectivity index (χ0v) is 22.3. The van der Waals surface area contributed by atoms with Crippen LogP contribution in [0.1, 0.15) is 55.5 Å². The molecule has 0 N–H and O–H groups in total. The normalized spacial score (nSPS) is 15.2. The quantitative estimate of drug-likeness (QED) is 0.243. The zero-order chi connectivity index (χ0) is 26.2. The molecule has 1 heteroatoms. The number of rotatable bonds is 2. The molecule has 5 aromatic carbocycles. The minimum atomic E-state index is -0.0289. The Morgan fingerprint density at radius 2 is 0.842 bits per heavy atom. The number of nitriles is 1. The van der Waals surface area contributed by atoms with Gasteiger partial charge in [-0.3, -0.25) is 0 Å². The van der Waals surface area contributed by atoms with E-state index in [-0.39, 0.29) is 10.8 Å². The van der Waals surface area contributed by atoms with Crippen LogP contribution in [0, 0.1) is 11.3 Å². The number of benzene rings is 5. The lowest BCUT2D eigenvalue weighted by Crippen LogP contribution is -2.14. The fraction of sp³-hybridized carbons (Fsp3) is 0.162. The highest BCUT2D eigenvalue weighted by atomic mass is 14.4. The Balaban J connectivity index is 1.39. The van der Waals surface area contributed by atoms with Gasteiger partial charge in [-0.15, -0.1) is 0 Å². The second-order valence-electron chi connectivity index (χ2n) is 11.7. The number of fused-ring (bicyclic) bond motifs is 6. The van der Waals surface area contributed by atoms with Crippen LogP contribution in [0.5, 0.6) is 0 Å². The Bertz CT molecular complexity index is 1700. The van der Waals surface area contributed by atoms with Gasteiger partial charge in [-0.1, -0.05) is 119 Å². The predicted octanol–water partition coefficient (Wildman–Crippen LogP) is 9.50. The second-order valence-corrected chi connectivity index (χ2v) is 11.7. The minimum Gasteiger partial charge on any atom is -0.192 e. The first-order valence-corrected chi connectivity index (χ1v) is 13.3. The Labute approximate surface area is 225 Å². The van der Waals surface area contributed by atoms with Crippen LogP contribution in [0.3, 0.4) is 0 Å². The average molecular weight is 488 g/mol. The summed E-state index contributed by atoms with van der Waals surface area (Å²) in [6, 6.07) is 39.7. The van der Waals surface area contributed by atoms with Crippen LogP contribution in [-0.2, 0) is 10.8 Å². The predicted molar refractivity (Wildman–Crippen MR) is 157 cm³/mol. The maximum Gasteiger partial charge on any atom is 0.100 e. The van der Waals surface area contributed by atoms with Crippen molar-refractivity contribution in [3.05, 3.63) is 131 Å². The number of hydrogen-bond donors (Lipinski definition) is 0. The molecule has 0 saturated heterocycles. The molecule has 182 valence electrons. The Hall–Kier alpha value is -4.41. The Morgan fingerprint density at radius 3 is 1.29 bits per heavy atom. The number of nitrogens with zero attached hydrogens (tertiary/aromatic N) is 1. The Kier molecular flexibility index (Phi) is 4.67.